The van der Waals surface area contributed by atoms with E-state index in [1.54, 1.807) is 7.05 Å². The molecule has 0 atom stereocenters. The minimum atomic E-state index is -0.678. The predicted molar refractivity (Wildman–Crippen MR) is 76.0 cm³/mol. The van der Waals surface area contributed by atoms with Gasteiger partial charge in [-0.3, -0.25) is 9.36 Å². The summed E-state index contributed by atoms with van der Waals surface area (Å²) in [6.45, 7) is 3.61. The molecular weight excluding hydrogens is 331 g/mol. The molecule has 108 valence electrons. The van der Waals surface area contributed by atoms with Crippen LogP contribution in [0, 0.1) is 5.82 Å². The third-order valence-electron chi connectivity index (χ3n) is 3.17. The van der Waals surface area contributed by atoms with Crippen molar-refractivity contribution in [3.63, 3.8) is 0 Å². The van der Waals surface area contributed by atoms with E-state index in [4.69, 9.17) is 4.42 Å². The lowest BCUT2D eigenvalue weighted by atomic mass is 10.3. The molecule has 0 spiro atoms. The van der Waals surface area contributed by atoms with E-state index in [9.17, 15) is 14.0 Å². The van der Waals surface area contributed by atoms with Gasteiger partial charge in [0, 0.05) is 19.2 Å². The first-order valence-electron chi connectivity index (χ1n) is 6.05. The molecule has 0 saturated carbocycles. The molecule has 1 aromatic heterocycles. The second-order valence-corrected chi connectivity index (χ2v) is 5.64. The Balaban J connectivity index is 2.45. The number of aromatic nitrogens is 1. The third kappa shape index (κ3) is 2.63. The van der Waals surface area contributed by atoms with Gasteiger partial charge in [0.05, 0.1) is 9.99 Å². The summed E-state index contributed by atoms with van der Waals surface area (Å²) < 4.78 is 19.8. The van der Waals surface area contributed by atoms with Gasteiger partial charge >= 0.3 is 5.76 Å². The van der Waals surface area contributed by atoms with Crippen molar-refractivity contribution in [1.82, 2.24) is 9.47 Å². The van der Waals surface area contributed by atoms with Crippen LogP contribution in [0.5, 0.6) is 0 Å². The number of carbonyl (C=O) groups excluding carboxylic acids is 1. The van der Waals surface area contributed by atoms with E-state index in [-0.39, 0.29) is 28.5 Å². The van der Waals surface area contributed by atoms with Crippen LogP contribution in [-0.2, 0) is 11.3 Å². The molecule has 7 heteroatoms. The molecule has 20 heavy (non-hydrogen) atoms. The molecule has 1 amide bonds. The number of halogens is 2. The number of nitrogens with zero attached hydrogens (tertiary/aromatic N) is 2. The van der Waals surface area contributed by atoms with Crippen LogP contribution in [0.3, 0.4) is 0 Å². The fraction of sp³-hybridized carbons (Fsp3) is 0.385. The zero-order valence-electron chi connectivity index (χ0n) is 11.3. The van der Waals surface area contributed by atoms with Gasteiger partial charge in [-0.1, -0.05) is 0 Å². The first-order valence-corrected chi connectivity index (χ1v) is 6.84. The number of oxazole rings is 1. The molecule has 1 aromatic carbocycles. The molecule has 0 radical (unpaired) electrons. The van der Waals surface area contributed by atoms with Crippen molar-refractivity contribution < 1.29 is 13.6 Å². The van der Waals surface area contributed by atoms with E-state index >= 15 is 0 Å². The normalized spacial score (nSPS) is 11.3. The van der Waals surface area contributed by atoms with E-state index in [0.29, 0.717) is 5.52 Å². The topological polar surface area (TPSA) is 55.5 Å². The molecule has 0 bridgehead atoms. The molecule has 2 rings (SSSR count). The first-order chi connectivity index (χ1) is 9.31. The first kappa shape index (κ1) is 14.8. The van der Waals surface area contributed by atoms with Crippen molar-refractivity contribution in [3.8, 4) is 0 Å². The second kappa shape index (κ2) is 5.40. The van der Waals surface area contributed by atoms with Crippen LogP contribution in [0.25, 0.3) is 11.1 Å². The van der Waals surface area contributed by atoms with Gasteiger partial charge in [-0.15, -0.1) is 0 Å². The van der Waals surface area contributed by atoms with Crippen molar-refractivity contribution in [2.75, 3.05) is 7.05 Å². The summed E-state index contributed by atoms with van der Waals surface area (Å²) in [6.07, 6.45) is 0. The van der Waals surface area contributed by atoms with E-state index in [1.165, 1.54) is 15.5 Å². The Morgan fingerprint density at radius 3 is 2.75 bits per heavy atom. The predicted octanol–water partition coefficient (Wildman–Crippen LogP) is 2.36. The van der Waals surface area contributed by atoms with Crippen LogP contribution in [0.2, 0.25) is 0 Å². The van der Waals surface area contributed by atoms with Crippen LogP contribution >= 0.6 is 15.9 Å². The smallest absolute Gasteiger partial charge is 0.408 e. The molecule has 0 aliphatic carbocycles. The number of likely N-dealkylation sites (N-methyl/N-ethyl adjacent to an activating group) is 1. The average Bonchev–Trinajstić information content (AvgIpc) is 2.65. The summed E-state index contributed by atoms with van der Waals surface area (Å²) >= 11 is 3.05. The highest BCUT2D eigenvalue weighted by atomic mass is 79.9. The quantitative estimate of drug-likeness (QED) is 0.858. The van der Waals surface area contributed by atoms with Gasteiger partial charge in [0.15, 0.2) is 5.58 Å². The average molecular weight is 345 g/mol. The Bertz CT molecular complexity index is 720. The Kier molecular flexibility index (Phi) is 3.99. The van der Waals surface area contributed by atoms with Crippen LogP contribution in [0.1, 0.15) is 13.8 Å². The zero-order valence-corrected chi connectivity index (χ0v) is 12.9. The van der Waals surface area contributed by atoms with Crippen molar-refractivity contribution in [3.05, 3.63) is 33.0 Å². The zero-order chi connectivity index (χ0) is 15.0. The largest absolute Gasteiger partial charge is 0.420 e. The highest BCUT2D eigenvalue weighted by Gasteiger charge is 2.18. The third-order valence-corrected chi connectivity index (χ3v) is 3.78. The molecule has 0 unspecified atom stereocenters. The highest BCUT2D eigenvalue weighted by Crippen LogP contribution is 2.22. The molecule has 0 saturated heterocycles. The molecule has 0 aliphatic heterocycles. The monoisotopic (exact) mass is 344 g/mol. The Labute approximate surface area is 123 Å². The SMILES string of the molecule is CC(C)N(C)C(=O)Cn1c(=O)oc2cc(F)c(Br)cc21. The lowest BCUT2D eigenvalue weighted by Gasteiger charge is -2.21. The Hall–Kier alpha value is -1.63. The van der Waals surface area contributed by atoms with Crippen LogP contribution in [0.15, 0.2) is 25.8 Å². The van der Waals surface area contributed by atoms with E-state index < -0.39 is 11.6 Å². The van der Waals surface area contributed by atoms with E-state index in [1.807, 2.05) is 13.8 Å². The van der Waals surface area contributed by atoms with Gasteiger partial charge < -0.3 is 9.32 Å². The number of hydrogen-bond acceptors (Lipinski definition) is 3. The van der Waals surface area contributed by atoms with Gasteiger partial charge in [-0.2, -0.15) is 0 Å². The van der Waals surface area contributed by atoms with E-state index in [0.717, 1.165) is 6.07 Å². The molecule has 0 N–H and O–H groups in total. The molecule has 0 aliphatic rings. The molecule has 5 nitrogen and oxygen atoms in total. The molecule has 0 fully saturated rings. The Morgan fingerprint density at radius 1 is 1.50 bits per heavy atom. The van der Waals surface area contributed by atoms with Gasteiger partial charge in [0.2, 0.25) is 5.91 Å². The van der Waals surface area contributed by atoms with Crippen molar-refractivity contribution >= 4 is 32.9 Å². The van der Waals surface area contributed by atoms with Gasteiger partial charge in [0.25, 0.3) is 0 Å². The number of hydrogen-bond donors (Lipinski definition) is 0. The fourth-order valence-corrected chi connectivity index (χ4v) is 2.07. The number of rotatable bonds is 3. The lowest BCUT2D eigenvalue weighted by molar-refractivity contribution is -0.132. The highest BCUT2D eigenvalue weighted by molar-refractivity contribution is 9.10. The van der Waals surface area contributed by atoms with E-state index in [2.05, 4.69) is 15.9 Å². The van der Waals surface area contributed by atoms with Crippen molar-refractivity contribution in [2.24, 2.45) is 0 Å². The van der Waals surface area contributed by atoms with Gasteiger partial charge in [-0.05, 0) is 35.8 Å². The lowest BCUT2D eigenvalue weighted by Crippen LogP contribution is -2.37. The van der Waals surface area contributed by atoms with Crippen molar-refractivity contribution in [1.29, 1.82) is 0 Å². The van der Waals surface area contributed by atoms with Crippen LogP contribution < -0.4 is 5.76 Å². The summed E-state index contributed by atoms with van der Waals surface area (Å²) in [4.78, 5) is 25.3. The fourth-order valence-electron chi connectivity index (χ4n) is 1.74. The summed E-state index contributed by atoms with van der Waals surface area (Å²) in [7, 11) is 1.66. The summed E-state index contributed by atoms with van der Waals surface area (Å²) in [5, 5.41) is 0. The maximum atomic E-state index is 13.4. The van der Waals surface area contributed by atoms with Crippen LogP contribution in [0.4, 0.5) is 4.39 Å². The number of amides is 1. The molecular formula is C13H14BrFN2O3. The number of benzene rings is 1. The maximum Gasteiger partial charge on any atom is 0.420 e. The number of fused-ring (bicyclic) bond motifs is 1. The summed E-state index contributed by atoms with van der Waals surface area (Å²) in [5.74, 6) is -1.42. The Morgan fingerprint density at radius 2 is 2.15 bits per heavy atom. The minimum absolute atomic E-state index is 0.0283. The number of carbonyl (C=O) groups is 1. The van der Waals surface area contributed by atoms with Gasteiger partial charge in [-0.25, -0.2) is 9.18 Å². The van der Waals surface area contributed by atoms with Gasteiger partial charge in [0.1, 0.15) is 12.4 Å². The summed E-state index contributed by atoms with van der Waals surface area (Å²) in [6, 6.07) is 2.58. The maximum absolute atomic E-state index is 13.4. The standard InChI is InChI=1S/C13H14BrFN2O3/c1-7(2)16(3)12(18)6-17-10-4-8(14)9(15)5-11(10)20-13(17)19/h4-5,7H,6H2,1-3H3. The van der Waals surface area contributed by atoms with Crippen molar-refractivity contribution in [2.45, 2.75) is 26.4 Å². The van der Waals surface area contributed by atoms with Crippen LogP contribution in [-0.4, -0.2) is 28.5 Å². The molecule has 2 aromatic rings. The summed E-state index contributed by atoms with van der Waals surface area (Å²) in [5.41, 5.74) is 0.504. The molecule has 1 heterocycles. The second-order valence-electron chi connectivity index (χ2n) is 4.79. The minimum Gasteiger partial charge on any atom is -0.408 e.